The van der Waals surface area contributed by atoms with Gasteiger partial charge < -0.3 is 10.1 Å². The Balaban J connectivity index is 1.54. The van der Waals surface area contributed by atoms with Crippen LogP contribution in [0.4, 0.5) is 5.69 Å². The summed E-state index contributed by atoms with van der Waals surface area (Å²) in [6.45, 7) is 1.96. The molecule has 1 amide bonds. The molecular formula is C18H15Cl3N4O2S. The molecular weight excluding hydrogens is 443 g/mol. The van der Waals surface area contributed by atoms with Crippen LogP contribution in [-0.2, 0) is 11.4 Å². The van der Waals surface area contributed by atoms with Gasteiger partial charge in [-0.1, -0.05) is 52.6 Å². The predicted molar refractivity (Wildman–Crippen MR) is 113 cm³/mol. The number of hydrogen-bond donors (Lipinski definition) is 2. The van der Waals surface area contributed by atoms with Gasteiger partial charge in [-0.05, 0) is 43.3 Å². The SMILES string of the molecule is CC(Sc1n[nH]c(COc2ccc(Cl)cc2)n1)C(=O)Nc1cccc(Cl)c1Cl. The first-order valence-corrected chi connectivity index (χ1v) is 10.1. The molecule has 1 heterocycles. The van der Waals surface area contributed by atoms with Crippen molar-refractivity contribution in [2.75, 3.05) is 5.32 Å². The van der Waals surface area contributed by atoms with Crippen molar-refractivity contribution in [3.05, 3.63) is 63.4 Å². The number of halogens is 3. The first-order chi connectivity index (χ1) is 13.4. The molecule has 6 nitrogen and oxygen atoms in total. The van der Waals surface area contributed by atoms with E-state index in [4.69, 9.17) is 39.5 Å². The van der Waals surface area contributed by atoms with E-state index >= 15 is 0 Å². The molecule has 3 aromatic rings. The number of amides is 1. The highest BCUT2D eigenvalue weighted by atomic mass is 35.5. The van der Waals surface area contributed by atoms with Crippen molar-refractivity contribution in [1.29, 1.82) is 0 Å². The summed E-state index contributed by atoms with van der Waals surface area (Å²) in [4.78, 5) is 16.7. The summed E-state index contributed by atoms with van der Waals surface area (Å²) in [5.41, 5.74) is 0.457. The molecule has 0 spiro atoms. The summed E-state index contributed by atoms with van der Waals surface area (Å²) in [5.74, 6) is 0.974. The number of nitrogens with one attached hydrogen (secondary N) is 2. The number of anilines is 1. The van der Waals surface area contributed by atoms with Crippen LogP contribution in [0, 0.1) is 0 Å². The van der Waals surface area contributed by atoms with Crippen molar-refractivity contribution in [3.8, 4) is 5.75 Å². The Labute approximate surface area is 180 Å². The molecule has 1 atom stereocenters. The lowest BCUT2D eigenvalue weighted by molar-refractivity contribution is -0.115. The quantitative estimate of drug-likeness (QED) is 0.460. The molecule has 0 fully saturated rings. The lowest BCUT2D eigenvalue weighted by atomic mass is 10.3. The lowest BCUT2D eigenvalue weighted by Gasteiger charge is -2.11. The highest BCUT2D eigenvalue weighted by Gasteiger charge is 2.19. The summed E-state index contributed by atoms with van der Waals surface area (Å²) in [6.07, 6.45) is 0. The average molecular weight is 458 g/mol. The fourth-order valence-electron chi connectivity index (χ4n) is 2.12. The number of benzene rings is 2. The van der Waals surface area contributed by atoms with Crippen LogP contribution in [0.1, 0.15) is 12.7 Å². The van der Waals surface area contributed by atoms with E-state index in [2.05, 4.69) is 20.5 Å². The van der Waals surface area contributed by atoms with Crippen LogP contribution < -0.4 is 10.1 Å². The molecule has 0 aliphatic rings. The Bertz CT molecular complexity index is 966. The van der Waals surface area contributed by atoms with Crippen LogP contribution in [0.3, 0.4) is 0 Å². The van der Waals surface area contributed by atoms with Crippen molar-refractivity contribution in [1.82, 2.24) is 15.2 Å². The molecule has 10 heteroatoms. The average Bonchev–Trinajstić information content (AvgIpc) is 3.12. The number of thioether (sulfide) groups is 1. The van der Waals surface area contributed by atoms with Crippen molar-refractivity contribution >= 4 is 58.2 Å². The molecule has 1 unspecified atom stereocenters. The normalized spacial score (nSPS) is 11.9. The molecule has 1 aromatic heterocycles. The monoisotopic (exact) mass is 456 g/mol. The number of rotatable bonds is 7. The van der Waals surface area contributed by atoms with E-state index in [0.29, 0.717) is 37.5 Å². The summed E-state index contributed by atoms with van der Waals surface area (Å²) < 4.78 is 5.61. The third kappa shape index (κ3) is 5.54. The van der Waals surface area contributed by atoms with E-state index < -0.39 is 5.25 Å². The maximum Gasteiger partial charge on any atom is 0.237 e. The minimum Gasteiger partial charge on any atom is -0.486 e. The van der Waals surface area contributed by atoms with E-state index in [0.717, 1.165) is 0 Å². The van der Waals surface area contributed by atoms with E-state index in [1.807, 2.05) is 0 Å². The van der Waals surface area contributed by atoms with E-state index in [1.54, 1.807) is 49.4 Å². The predicted octanol–water partition coefficient (Wildman–Crippen LogP) is 5.46. The highest BCUT2D eigenvalue weighted by Crippen LogP contribution is 2.30. The second-order valence-electron chi connectivity index (χ2n) is 5.66. The maximum atomic E-state index is 12.4. The van der Waals surface area contributed by atoms with Gasteiger partial charge in [0.1, 0.15) is 12.4 Å². The summed E-state index contributed by atoms with van der Waals surface area (Å²) in [6, 6.07) is 12.1. The Kier molecular flexibility index (Phi) is 7.07. The zero-order valence-corrected chi connectivity index (χ0v) is 17.7. The summed E-state index contributed by atoms with van der Waals surface area (Å²) in [7, 11) is 0. The molecule has 0 radical (unpaired) electrons. The van der Waals surface area contributed by atoms with Gasteiger partial charge in [-0.15, -0.1) is 5.10 Å². The number of H-pyrrole nitrogens is 1. The molecule has 3 rings (SSSR count). The van der Waals surface area contributed by atoms with Gasteiger partial charge in [0, 0.05) is 5.02 Å². The largest absolute Gasteiger partial charge is 0.486 e. The molecule has 0 saturated heterocycles. The third-order valence-electron chi connectivity index (χ3n) is 3.56. The second kappa shape index (κ2) is 9.52. The number of ether oxygens (including phenoxy) is 1. The van der Waals surface area contributed by atoms with E-state index in [-0.39, 0.29) is 12.5 Å². The zero-order chi connectivity index (χ0) is 20.1. The van der Waals surface area contributed by atoms with Gasteiger partial charge >= 0.3 is 0 Å². The molecule has 0 saturated carbocycles. The van der Waals surface area contributed by atoms with Gasteiger partial charge in [0.15, 0.2) is 5.82 Å². The minimum absolute atomic E-state index is 0.216. The fourth-order valence-corrected chi connectivity index (χ4v) is 3.34. The molecule has 28 heavy (non-hydrogen) atoms. The molecule has 0 aliphatic carbocycles. The van der Waals surface area contributed by atoms with Crippen LogP contribution in [-0.4, -0.2) is 26.3 Å². The standard InChI is InChI=1S/C18H15Cl3N4O2S/c1-10(17(26)22-14-4-2-3-13(20)16(14)21)28-18-23-15(24-25-18)9-27-12-7-5-11(19)6-8-12/h2-8,10H,9H2,1H3,(H,22,26)(H,23,24,25). The van der Waals surface area contributed by atoms with E-state index in [1.165, 1.54) is 11.8 Å². The number of aromatic amines is 1. The number of aromatic nitrogens is 3. The smallest absolute Gasteiger partial charge is 0.237 e. The summed E-state index contributed by atoms with van der Waals surface area (Å²) >= 11 is 19.1. The summed E-state index contributed by atoms with van der Waals surface area (Å²) in [5, 5.41) is 11.0. The van der Waals surface area contributed by atoms with Crippen LogP contribution >= 0.6 is 46.6 Å². The van der Waals surface area contributed by atoms with Gasteiger partial charge in [0.05, 0.1) is 21.0 Å². The molecule has 2 N–H and O–H groups in total. The van der Waals surface area contributed by atoms with Gasteiger partial charge in [0.2, 0.25) is 11.1 Å². The van der Waals surface area contributed by atoms with Gasteiger partial charge in [-0.25, -0.2) is 4.98 Å². The second-order valence-corrected chi connectivity index (χ2v) is 8.19. The topological polar surface area (TPSA) is 79.9 Å². The Morgan fingerprint density at radius 1 is 1.21 bits per heavy atom. The van der Waals surface area contributed by atoms with Gasteiger partial charge in [-0.3, -0.25) is 9.89 Å². The van der Waals surface area contributed by atoms with Gasteiger partial charge in [0.25, 0.3) is 0 Å². The van der Waals surface area contributed by atoms with Crippen LogP contribution in [0.25, 0.3) is 0 Å². The Hall–Kier alpha value is -1.93. The fraction of sp³-hybridized carbons (Fsp3) is 0.167. The first-order valence-electron chi connectivity index (χ1n) is 8.13. The minimum atomic E-state index is -0.448. The van der Waals surface area contributed by atoms with Crippen molar-refractivity contribution in [3.63, 3.8) is 0 Å². The van der Waals surface area contributed by atoms with E-state index in [9.17, 15) is 4.79 Å². The van der Waals surface area contributed by atoms with Crippen LogP contribution in [0.2, 0.25) is 15.1 Å². The van der Waals surface area contributed by atoms with Gasteiger partial charge in [-0.2, -0.15) is 0 Å². The van der Waals surface area contributed by atoms with Crippen LogP contribution in [0.15, 0.2) is 47.6 Å². The number of carbonyl (C=O) groups excluding carboxylic acids is 1. The van der Waals surface area contributed by atoms with Crippen molar-refractivity contribution < 1.29 is 9.53 Å². The highest BCUT2D eigenvalue weighted by molar-refractivity contribution is 8.00. The van der Waals surface area contributed by atoms with Crippen molar-refractivity contribution in [2.45, 2.75) is 23.9 Å². The first kappa shape index (κ1) is 20.8. The molecule has 2 aromatic carbocycles. The number of hydrogen-bond acceptors (Lipinski definition) is 5. The molecule has 0 aliphatic heterocycles. The molecule has 0 bridgehead atoms. The Morgan fingerprint density at radius 2 is 1.96 bits per heavy atom. The third-order valence-corrected chi connectivity index (χ3v) is 5.59. The number of nitrogens with zero attached hydrogens (tertiary/aromatic N) is 2. The Morgan fingerprint density at radius 3 is 2.71 bits per heavy atom. The van der Waals surface area contributed by atoms with Crippen LogP contribution in [0.5, 0.6) is 5.75 Å². The lowest BCUT2D eigenvalue weighted by Crippen LogP contribution is -2.22. The zero-order valence-electron chi connectivity index (χ0n) is 14.6. The van der Waals surface area contributed by atoms with Crippen molar-refractivity contribution in [2.24, 2.45) is 0 Å². The number of carbonyl (C=O) groups is 1. The maximum absolute atomic E-state index is 12.4. The molecule has 146 valence electrons.